The maximum Gasteiger partial charge on any atom is 0.307 e. The molecule has 5 nitrogen and oxygen atoms in total. The van der Waals surface area contributed by atoms with Crippen LogP contribution in [0.15, 0.2) is 60.7 Å². The van der Waals surface area contributed by atoms with Crippen molar-refractivity contribution in [3.05, 3.63) is 71.8 Å². The minimum atomic E-state index is -0.909. The van der Waals surface area contributed by atoms with Crippen LogP contribution in [-0.2, 0) is 16.2 Å². The van der Waals surface area contributed by atoms with Crippen molar-refractivity contribution in [2.24, 2.45) is 0 Å². The van der Waals surface area contributed by atoms with E-state index >= 15 is 0 Å². The lowest BCUT2D eigenvalue weighted by Gasteiger charge is -2.11. The molecule has 3 N–H and O–H groups in total. The third-order valence-electron chi connectivity index (χ3n) is 2.92. The Morgan fingerprint density at radius 1 is 1.09 bits per heavy atom. The number of aliphatic carboxylic acids is 1. The molecule has 5 heteroatoms. The fraction of sp³-hybridized carbons (Fsp3) is 0.118. The van der Waals surface area contributed by atoms with Crippen LogP contribution in [0.1, 0.15) is 17.5 Å². The van der Waals surface area contributed by atoms with E-state index in [1.54, 1.807) is 30.3 Å². The third-order valence-corrected chi connectivity index (χ3v) is 2.92. The van der Waals surface area contributed by atoms with Crippen LogP contribution in [0.4, 0.5) is 0 Å². The molecule has 0 aliphatic heterocycles. The number of benzene rings is 2. The number of nitrogens with one attached hydrogen (secondary N) is 1. The lowest BCUT2D eigenvalue weighted by atomic mass is 10.1. The molecule has 114 valence electrons. The number of phenolic OH excluding ortho intramolecular Hbond substituents is 1. The van der Waals surface area contributed by atoms with Gasteiger partial charge in [0.15, 0.2) is 0 Å². The van der Waals surface area contributed by atoms with Gasteiger partial charge in [0.05, 0.1) is 18.7 Å². The van der Waals surface area contributed by atoms with Crippen LogP contribution in [0.2, 0.25) is 0 Å². The predicted molar refractivity (Wildman–Crippen MR) is 82.7 cm³/mol. The fourth-order valence-corrected chi connectivity index (χ4v) is 1.81. The Bertz CT molecular complexity index is 635. The summed E-state index contributed by atoms with van der Waals surface area (Å²) in [7, 11) is 0. The van der Waals surface area contributed by atoms with Gasteiger partial charge in [-0.25, -0.2) is 0 Å². The third kappa shape index (κ3) is 4.96. The Hall–Kier alpha value is -2.79. The summed E-state index contributed by atoms with van der Waals surface area (Å²) in [6, 6.07) is 16.0. The molecular weight excluding hydrogens is 282 g/mol. The second-order valence-corrected chi connectivity index (χ2v) is 4.64. The fourth-order valence-electron chi connectivity index (χ4n) is 1.81. The molecule has 0 atom stereocenters. The van der Waals surface area contributed by atoms with Crippen LogP contribution in [0.3, 0.4) is 0 Å². The van der Waals surface area contributed by atoms with Crippen LogP contribution in [-0.4, -0.2) is 16.2 Å². The first-order valence-electron chi connectivity index (χ1n) is 6.78. The smallest absolute Gasteiger partial charge is 0.307 e. The highest BCUT2D eigenvalue weighted by Gasteiger charge is 2.03. The molecule has 2 aromatic carbocycles. The topological polar surface area (TPSA) is 78.8 Å². The Labute approximate surface area is 128 Å². The minimum Gasteiger partial charge on any atom is -0.508 e. The minimum absolute atomic E-state index is 0.0974. The van der Waals surface area contributed by atoms with E-state index in [4.69, 9.17) is 9.94 Å². The van der Waals surface area contributed by atoms with Gasteiger partial charge >= 0.3 is 5.97 Å². The van der Waals surface area contributed by atoms with Crippen molar-refractivity contribution in [3.8, 4) is 5.75 Å². The number of carbonyl (C=O) groups is 1. The number of carboxylic acid groups (broad SMARTS) is 1. The molecule has 22 heavy (non-hydrogen) atoms. The lowest BCUT2D eigenvalue weighted by Crippen LogP contribution is -2.13. The summed E-state index contributed by atoms with van der Waals surface area (Å²) in [6.07, 6.45) is 1.47. The number of phenols is 1. The number of hydrogen-bond donors (Lipinski definition) is 3. The van der Waals surface area contributed by atoms with Crippen LogP contribution < -0.4 is 5.48 Å². The van der Waals surface area contributed by atoms with Gasteiger partial charge in [0.1, 0.15) is 5.75 Å². The van der Waals surface area contributed by atoms with E-state index in [-0.39, 0.29) is 18.8 Å². The molecule has 2 aromatic rings. The first-order chi connectivity index (χ1) is 10.6. The van der Waals surface area contributed by atoms with Crippen molar-refractivity contribution >= 4 is 11.7 Å². The molecule has 0 fully saturated rings. The van der Waals surface area contributed by atoms with Crippen molar-refractivity contribution < 1.29 is 19.8 Å². The van der Waals surface area contributed by atoms with Gasteiger partial charge in [-0.15, -0.1) is 0 Å². The monoisotopic (exact) mass is 299 g/mol. The SMILES string of the molecule is O=C(O)CC=C(NOCc1ccc(O)cc1)c1ccccc1. The molecule has 0 aliphatic rings. The first kappa shape index (κ1) is 15.6. The van der Waals surface area contributed by atoms with Gasteiger partial charge in [-0.1, -0.05) is 42.5 Å². The Morgan fingerprint density at radius 2 is 1.77 bits per heavy atom. The summed E-state index contributed by atoms with van der Waals surface area (Å²) in [5.41, 5.74) is 5.12. The summed E-state index contributed by atoms with van der Waals surface area (Å²) in [4.78, 5) is 16.1. The van der Waals surface area contributed by atoms with Gasteiger partial charge in [0, 0.05) is 0 Å². The Balaban J connectivity index is 1.99. The molecule has 0 saturated carbocycles. The van der Waals surface area contributed by atoms with E-state index in [9.17, 15) is 9.90 Å². The molecule has 0 bridgehead atoms. The van der Waals surface area contributed by atoms with Crippen LogP contribution >= 0.6 is 0 Å². The van der Waals surface area contributed by atoms with E-state index < -0.39 is 5.97 Å². The lowest BCUT2D eigenvalue weighted by molar-refractivity contribution is -0.136. The molecule has 0 radical (unpaired) electrons. The largest absolute Gasteiger partial charge is 0.508 e. The molecule has 0 amide bonds. The van der Waals surface area contributed by atoms with Crippen molar-refractivity contribution in [3.63, 3.8) is 0 Å². The normalized spacial score (nSPS) is 11.2. The van der Waals surface area contributed by atoms with Crippen molar-refractivity contribution in [1.82, 2.24) is 5.48 Å². The summed E-state index contributed by atoms with van der Waals surface area (Å²) >= 11 is 0. The Morgan fingerprint density at radius 3 is 2.41 bits per heavy atom. The maximum absolute atomic E-state index is 10.7. The second-order valence-electron chi connectivity index (χ2n) is 4.64. The Kier molecular flexibility index (Phi) is 5.57. The van der Waals surface area contributed by atoms with Gasteiger partial charge in [-0.3, -0.25) is 15.1 Å². The van der Waals surface area contributed by atoms with Gasteiger partial charge in [0.25, 0.3) is 0 Å². The molecule has 0 spiro atoms. The van der Waals surface area contributed by atoms with Crippen molar-refractivity contribution in [2.45, 2.75) is 13.0 Å². The summed E-state index contributed by atoms with van der Waals surface area (Å²) < 4.78 is 0. The van der Waals surface area contributed by atoms with E-state index in [1.807, 2.05) is 30.3 Å². The molecule has 0 aliphatic carbocycles. The zero-order chi connectivity index (χ0) is 15.8. The second kappa shape index (κ2) is 7.85. The number of carboxylic acids is 1. The molecule has 0 unspecified atom stereocenters. The van der Waals surface area contributed by atoms with E-state index in [0.29, 0.717) is 5.70 Å². The van der Waals surface area contributed by atoms with Gasteiger partial charge in [-0.05, 0) is 29.3 Å². The zero-order valence-corrected chi connectivity index (χ0v) is 11.9. The molecular formula is C17H17NO4. The van der Waals surface area contributed by atoms with E-state index in [0.717, 1.165) is 11.1 Å². The summed E-state index contributed by atoms with van der Waals surface area (Å²) in [5, 5.41) is 18.0. The number of hydroxylamine groups is 1. The van der Waals surface area contributed by atoms with Crippen molar-refractivity contribution in [2.75, 3.05) is 0 Å². The average Bonchev–Trinajstić information content (AvgIpc) is 2.53. The van der Waals surface area contributed by atoms with Crippen LogP contribution in [0, 0.1) is 0 Å². The highest BCUT2D eigenvalue weighted by atomic mass is 16.6. The molecule has 2 rings (SSSR count). The summed E-state index contributed by atoms with van der Waals surface area (Å²) in [5.74, 6) is -0.711. The number of aromatic hydroxyl groups is 1. The first-order valence-corrected chi connectivity index (χ1v) is 6.78. The van der Waals surface area contributed by atoms with Crippen molar-refractivity contribution in [1.29, 1.82) is 0 Å². The van der Waals surface area contributed by atoms with E-state index in [1.165, 1.54) is 0 Å². The quantitative estimate of drug-likeness (QED) is 0.685. The maximum atomic E-state index is 10.7. The van der Waals surface area contributed by atoms with Gasteiger partial charge in [-0.2, -0.15) is 0 Å². The van der Waals surface area contributed by atoms with Crippen LogP contribution in [0.5, 0.6) is 5.75 Å². The highest BCUT2D eigenvalue weighted by molar-refractivity contribution is 5.73. The average molecular weight is 299 g/mol. The van der Waals surface area contributed by atoms with E-state index in [2.05, 4.69) is 5.48 Å². The molecule has 0 heterocycles. The molecule has 0 saturated heterocycles. The van der Waals surface area contributed by atoms with Gasteiger partial charge < -0.3 is 10.2 Å². The zero-order valence-electron chi connectivity index (χ0n) is 11.9. The predicted octanol–water partition coefficient (Wildman–Crippen LogP) is 2.93. The van der Waals surface area contributed by atoms with Crippen LogP contribution in [0.25, 0.3) is 5.70 Å². The highest BCUT2D eigenvalue weighted by Crippen LogP contribution is 2.13. The number of rotatable bonds is 7. The number of hydrogen-bond acceptors (Lipinski definition) is 4. The summed E-state index contributed by atoms with van der Waals surface area (Å²) in [6.45, 7) is 0.289. The standard InChI is InChI=1S/C17H17NO4/c19-15-8-6-13(7-9-15)12-22-18-16(10-11-17(20)21)14-4-2-1-3-5-14/h1-10,18-19H,11-12H2,(H,20,21). The van der Waals surface area contributed by atoms with Gasteiger partial charge in [0.2, 0.25) is 0 Å². The molecule has 0 aromatic heterocycles.